The third-order valence-corrected chi connectivity index (χ3v) is 10.6. The first-order valence-electron chi connectivity index (χ1n) is 16.7. The normalized spacial score (nSPS) is 13.6. The van der Waals surface area contributed by atoms with Crippen molar-refractivity contribution in [1.82, 2.24) is 0 Å². The molecule has 2 aromatic heterocycles. The van der Waals surface area contributed by atoms with E-state index in [4.69, 9.17) is 4.42 Å². The number of carbonyl (C=O) groups excluding carboxylic acids is 2. The lowest BCUT2D eigenvalue weighted by atomic mass is 9.86. The lowest BCUT2D eigenvalue weighted by Gasteiger charge is -2.28. The second kappa shape index (κ2) is 11.1. The molecule has 242 valence electrons. The molecule has 0 aliphatic heterocycles. The summed E-state index contributed by atoms with van der Waals surface area (Å²) in [7, 11) is 0. The van der Waals surface area contributed by atoms with E-state index in [2.05, 4.69) is 113 Å². The molecule has 1 aliphatic rings. The van der Waals surface area contributed by atoms with Crippen LogP contribution in [0.5, 0.6) is 0 Å². The number of Topliss-reactive ketones (excluding diaryl/α,β-unsaturated/α-hetero) is 2. The smallest absolute Gasteiger partial charge is 0.197 e. The Morgan fingerprint density at radius 1 is 0.592 bits per heavy atom. The van der Waals surface area contributed by atoms with Crippen molar-refractivity contribution in [3.63, 3.8) is 0 Å². The van der Waals surface area contributed by atoms with Gasteiger partial charge in [-0.05, 0) is 93.4 Å². The van der Waals surface area contributed by atoms with E-state index in [9.17, 15) is 9.59 Å². The van der Waals surface area contributed by atoms with Crippen LogP contribution in [0.2, 0.25) is 0 Å². The van der Waals surface area contributed by atoms with E-state index >= 15 is 0 Å². The third kappa shape index (κ3) is 5.39. The van der Waals surface area contributed by atoms with Gasteiger partial charge in [0.25, 0.3) is 0 Å². The molecule has 0 saturated carbocycles. The molecule has 0 N–H and O–H groups in total. The van der Waals surface area contributed by atoms with Gasteiger partial charge in [-0.15, -0.1) is 11.3 Å². The second-order valence-corrected chi connectivity index (χ2v) is 16.1. The zero-order valence-electron chi connectivity index (χ0n) is 28.5. The highest BCUT2D eigenvalue weighted by molar-refractivity contribution is 7.25. The van der Waals surface area contributed by atoms with Crippen LogP contribution in [0.1, 0.15) is 79.1 Å². The Kier molecular flexibility index (Phi) is 7.06. The molecule has 49 heavy (non-hydrogen) atoms. The zero-order valence-corrected chi connectivity index (χ0v) is 29.4. The van der Waals surface area contributed by atoms with E-state index in [1.165, 1.54) is 11.1 Å². The number of nitrogens with zero attached hydrogens (tertiary/aromatic N) is 1. The molecule has 1 aliphatic carbocycles. The number of hydrogen-bond acceptors (Lipinski definition) is 5. The molecule has 7 aromatic rings. The van der Waals surface area contributed by atoms with Crippen molar-refractivity contribution in [2.45, 2.75) is 52.4 Å². The van der Waals surface area contributed by atoms with Crippen molar-refractivity contribution in [1.29, 1.82) is 0 Å². The fourth-order valence-electron chi connectivity index (χ4n) is 6.72. The maximum Gasteiger partial charge on any atom is 0.197 e. The van der Waals surface area contributed by atoms with Crippen molar-refractivity contribution in [3.8, 4) is 0 Å². The lowest BCUT2D eigenvalue weighted by Crippen LogP contribution is -2.14. The van der Waals surface area contributed by atoms with Gasteiger partial charge >= 0.3 is 0 Å². The molecule has 0 bridgehead atoms. The molecular weight excluding hydrogens is 623 g/mol. The Hall–Kier alpha value is -5.26. The minimum absolute atomic E-state index is 0.0629. The number of fused-ring (bicyclic) bond motifs is 5. The summed E-state index contributed by atoms with van der Waals surface area (Å²) in [4.78, 5) is 29.0. The summed E-state index contributed by atoms with van der Waals surface area (Å²) in [5.74, 6) is -0.0156. The van der Waals surface area contributed by atoms with Crippen LogP contribution in [0.25, 0.3) is 37.2 Å². The number of anilines is 3. The Labute approximate surface area is 290 Å². The fourth-order valence-corrected chi connectivity index (χ4v) is 7.83. The van der Waals surface area contributed by atoms with Crippen LogP contribution >= 0.6 is 11.3 Å². The van der Waals surface area contributed by atoms with Gasteiger partial charge in [-0.25, -0.2) is 0 Å². The Morgan fingerprint density at radius 2 is 1.10 bits per heavy atom. The average Bonchev–Trinajstić information content (AvgIpc) is 3.69. The number of furan rings is 1. The highest BCUT2D eigenvalue weighted by Gasteiger charge is 2.34. The van der Waals surface area contributed by atoms with Crippen LogP contribution in [-0.2, 0) is 10.8 Å². The number of allylic oxidation sites excluding steroid dienone is 1. The zero-order chi connectivity index (χ0) is 34.2. The lowest BCUT2D eigenvalue weighted by molar-refractivity contribution is 0.0990. The predicted molar refractivity (Wildman–Crippen MR) is 204 cm³/mol. The maximum atomic E-state index is 13.4. The minimum Gasteiger partial charge on any atom is -0.455 e. The second-order valence-electron chi connectivity index (χ2n) is 15.0. The first-order valence-corrected chi connectivity index (χ1v) is 17.5. The molecule has 8 rings (SSSR count). The molecule has 4 nitrogen and oxygen atoms in total. The highest BCUT2D eigenvalue weighted by atomic mass is 32.1. The maximum absolute atomic E-state index is 13.4. The van der Waals surface area contributed by atoms with Crippen LogP contribution in [0, 0.1) is 0 Å². The molecule has 5 aromatic carbocycles. The van der Waals surface area contributed by atoms with Crippen LogP contribution < -0.4 is 4.90 Å². The van der Waals surface area contributed by atoms with Crippen LogP contribution in [0.3, 0.4) is 0 Å². The summed E-state index contributed by atoms with van der Waals surface area (Å²) in [6.45, 7) is 13.4. The number of ketones is 2. The molecule has 0 unspecified atom stereocenters. The van der Waals surface area contributed by atoms with Crippen molar-refractivity contribution in [3.05, 3.63) is 143 Å². The number of carbonyl (C=O) groups is 2. The molecule has 0 radical (unpaired) electrons. The predicted octanol–water partition coefficient (Wildman–Crippen LogP) is 12.3. The summed E-state index contributed by atoms with van der Waals surface area (Å²) in [6, 6.07) is 37.5. The molecule has 0 amide bonds. The summed E-state index contributed by atoms with van der Waals surface area (Å²) >= 11 is 1.65. The molecular formula is C44H37NO3S. The van der Waals surface area contributed by atoms with Crippen molar-refractivity contribution < 1.29 is 14.0 Å². The first-order chi connectivity index (χ1) is 23.3. The van der Waals surface area contributed by atoms with E-state index < -0.39 is 0 Å². The van der Waals surface area contributed by atoms with Crippen molar-refractivity contribution in [2.24, 2.45) is 0 Å². The molecule has 0 fully saturated rings. The molecule has 0 spiro atoms. The van der Waals surface area contributed by atoms with Gasteiger partial charge in [0.05, 0.1) is 10.3 Å². The average molecular weight is 660 g/mol. The quantitative estimate of drug-likeness (QED) is 0.139. The monoisotopic (exact) mass is 659 g/mol. The fraction of sp³-hybridized carbons (Fsp3) is 0.182. The first kappa shape index (κ1) is 31.0. The van der Waals surface area contributed by atoms with Crippen molar-refractivity contribution in [2.75, 3.05) is 4.90 Å². The number of rotatable bonds is 4. The Bertz CT molecular complexity index is 2370. The minimum atomic E-state index is -0.258. The summed E-state index contributed by atoms with van der Waals surface area (Å²) < 4.78 is 8.40. The van der Waals surface area contributed by atoms with Crippen LogP contribution in [-0.4, -0.2) is 11.6 Å². The molecule has 0 atom stereocenters. The number of hydrogen-bond donors (Lipinski definition) is 0. The van der Waals surface area contributed by atoms with Crippen LogP contribution in [0.15, 0.2) is 119 Å². The molecule has 0 saturated heterocycles. The Morgan fingerprint density at radius 3 is 1.61 bits per heavy atom. The SMILES string of the molecule is CC(C)(C)c1ccc(N(c2ccc(C(C)(C)C)cc2)c2ccc3c(c2)sc2cc(C=C4C(=O)c5cc6ccccc6cc5C4=O)oc23)cc1. The van der Waals surface area contributed by atoms with E-state index in [1.807, 2.05) is 42.5 Å². The van der Waals surface area contributed by atoms with Gasteiger partial charge in [-0.1, -0.05) is 90.1 Å². The van der Waals surface area contributed by atoms with E-state index in [1.54, 1.807) is 17.4 Å². The summed E-state index contributed by atoms with van der Waals surface area (Å²) in [5, 5.41) is 2.88. The van der Waals surface area contributed by atoms with Gasteiger partial charge in [0.2, 0.25) is 0 Å². The van der Waals surface area contributed by atoms with E-state index in [0.717, 1.165) is 48.2 Å². The number of benzene rings is 5. The van der Waals surface area contributed by atoms with Gasteiger partial charge in [-0.2, -0.15) is 0 Å². The largest absolute Gasteiger partial charge is 0.455 e. The number of thiophene rings is 1. The van der Waals surface area contributed by atoms with Crippen molar-refractivity contribution >= 4 is 77.2 Å². The van der Waals surface area contributed by atoms with Gasteiger partial charge < -0.3 is 9.32 Å². The molecule has 2 heterocycles. The standard InChI is InChI=1S/C44H37NO3S/c1-43(2,3)28-11-15-30(16-12-28)45(31-17-13-29(14-18-31)44(4,5)6)32-19-20-34-38(23-32)49-39-25-33(48-42(34)39)24-37-40(46)35-21-26-9-7-8-10-27(26)22-36(35)41(37)47/h7-25H,1-6H3. The van der Waals surface area contributed by atoms with Gasteiger partial charge in [0, 0.05) is 44.3 Å². The molecule has 5 heteroatoms. The van der Waals surface area contributed by atoms with Gasteiger partial charge in [0.1, 0.15) is 5.76 Å². The van der Waals surface area contributed by atoms with E-state index in [0.29, 0.717) is 16.9 Å². The van der Waals surface area contributed by atoms with Gasteiger partial charge in [0.15, 0.2) is 17.1 Å². The highest BCUT2D eigenvalue weighted by Crippen LogP contribution is 2.43. The third-order valence-electron chi connectivity index (χ3n) is 9.54. The summed E-state index contributed by atoms with van der Waals surface area (Å²) in [5.41, 5.74) is 7.74. The topological polar surface area (TPSA) is 50.5 Å². The van der Waals surface area contributed by atoms with E-state index in [-0.39, 0.29) is 28.0 Å². The van der Waals surface area contributed by atoms with Crippen LogP contribution in [0.4, 0.5) is 17.1 Å². The summed E-state index contributed by atoms with van der Waals surface area (Å²) in [6.07, 6.45) is 1.60. The van der Waals surface area contributed by atoms with Gasteiger partial charge in [-0.3, -0.25) is 9.59 Å². The Balaban J connectivity index is 1.16.